The molecule has 0 bridgehead atoms. The van der Waals surface area contributed by atoms with Crippen molar-refractivity contribution >= 4 is 34.4 Å². The van der Waals surface area contributed by atoms with Gasteiger partial charge in [0.15, 0.2) is 0 Å². The number of non-ortho nitro benzene ring substituents is 1. The third-order valence-corrected chi connectivity index (χ3v) is 5.10. The van der Waals surface area contributed by atoms with Gasteiger partial charge in [-0.3, -0.25) is 19.7 Å². The summed E-state index contributed by atoms with van der Waals surface area (Å²) in [5.41, 5.74) is 2.47. The van der Waals surface area contributed by atoms with E-state index in [1.807, 2.05) is 19.1 Å². The van der Waals surface area contributed by atoms with E-state index in [2.05, 4.69) is 5.32 Å². The summed E-state index contributed by atoms with van der Waals surface area (Å²) in [5, 5.41) is 14.1. The number of benzene rings is 3. The van der Waals surface area contributed by atoms with Crippen molar-refractivity contribution in [3.8, 4) is 5.75 Å². The maximum atomic E-state index is 13.5. The van der Waals surface area contributed by atoms with Gasteiger partial charge >= 0.3 is 0 Å². The number of aryl methyl sites for hydroxylation is 1. The Hall–Kier alpha value is -4.46. The first-order valence-corrected chi connectivity index (χ1v) is 9.75. The lowest BCUT2D eigenvalue weighted by atomic mass is 10.0. The third kappa shape index (κ3) is 3.69. The van der Waals surface area contributed by atoms with Gasteiger partial charge < -0.3 is 10.1 Å². The van der Waals surface area contributed by atoms with Crippen molar-refractivity contribution in [1.29, 1.82) is 0 Å². The van der Waals surface area contributed by atoms with Crippen molar-refractivity contribution in [2.45, 2.75) is 6.92 Å². The Morgan fingerprint density at radius 1 is 0.906 bits per heavy atom. The summed E-state index contributed by atoms with van der Waals surface area (Å²) in [7, 11) is 1.46. The molecule has 8 heteroatoms. The second kappa shape index (κ2) is 8.35. The monoisotopic (exact) mass is 429 g/mol. The highest BCUT2D eigenvalue weighted by Gasteiger charge is 2.41. The van der Waals surface area contributed by atoms with E-state index in [1.54, 1.807) is 36.4 Å². The number of nitro groups is 1. The van der Waals surface area contributed by atoms with Gasteiger partial charge in [-0.25, -0.2) is 4.90 Å². The number of carbonyl (C=O) groups excluding carboxylic acids is 2. The van der Waals surface area contributed by atoms with Gasteiger partial charge in [-0.1, -0.05) is 29.8 Å². The summed E-state index contributed by atoms with van der Waals surface area (Å²) in [4.78, 5) is 38.5. The molecule has 2 amide bonds. The summed E-state index contributed by atoms with van der Waals surface area (Å²) in [6.45, 7) is 1.94. The molecule has 4 rings (SSSR count). The van der Waals surface area contributed by atoms with E-state index in [0.717, 1.165) is 10.5 Å². The van der Waals surface area contributed by atoms with Crippen molar-refractivity contribution < 1.29 is 19.2 Å². The standard InChI is InChI=1S/C24H19N3O5/c1-15-7-11-17(12-8-15)25-22-21(16-9-13-18(14-10-16)27(30)31)23(28)26(24(22)29)19-5-3-4-6-20(19)32-2/h3-14,25H,1-2H3. The van der Waals surface area contributed by atoms with E-state index < -0.39 is 16.7 Å². The maximum absolute atomic E-state index is 13.5. The normalized spacial score (nSPS) is 13.5. The van der Waals surface area contributed by atoms with Crippen LogP contribution in [0.15, 0.2) is 78.5 Å². The van der Waals surface area contributed by atoms with E-state index in [9.17, 15) is 19.7 Å². The molecule has 3 aromatic rings. The zero-order valence-electron chi connectivity index (χ0n) is 17.4. The first kappa shape index (κ1) is 20.8. The largest absolute Gasteiger partial charge is 0.495 e. The Labute approximate surface area is 183 Å². The number of methoxy groups -OCH3 is 1. The highest BCUT2D eigenvalue weighted by atomic mass is 16.6. The second-order valence-corrected chi connectivity index (χ2v) is 7.16. The summed E-state index contributed by atoms with van der Waals surface area (Å²) in [6, 6.07) is 19.6. The molecule has 0 fully saturated rings. The molecule has 1 heterocycles. The molecule has 0 aromatic heterocycles. The molecule has 32 heavy (non-hydrogen) atoms. The van der Waals surface area contributed by atoms with Gasteiger partial charge in [0, 0.05) is 17.8 Å². The number of nitro benzene ring substituents is 1. The molecule has 0 saturated carbocycles. The van der Waals surface area contributed by atoms with Crippen LogP contribution in [0.2, 0.25) is 0 Å². The summed E-state index contributed by atoms with van der Waals surface area (Å²) < 4.78 is 5.34. The first-order chi connectivity index (χ1) is 15.4. The minimum Gasteiger partial charge on any atom is -0.495 e. The van der Waals surface area contributed by atoms with E-state index in [4.69, 9.17) is 4.74 Å². The molecule has 0 saturated heterocycles. The van der Waals surface area contributed by atoms with Crippen molar-refractivity contribution in [3.05, 3.63) is 99.7 Å². The van der Waals surface area contributed by atoms with Crippen LogP contribution < -0.4 is 15.0 Å². The van der Waals surface area contributed by atoms with Gasteiger partial charge in [0.1, 0.15) is 11.4 Å². The van der Waals surface area contributed by atoms with E-state index in [-0.39, 0.29) is 17.0 Å². The van der Waals surface area contributed by atoms with Crippen LogP contribution in [0.4, 0.5) is 17.1 Å². The van der Waals surface area contributed by atoms with Crippen LogP contribution in [0.1, 0.15) is 11.1 Å². The fourth-order valence-electron chi connectivity index (χ4n) is 3.48. The summed E-state index contributed by atoms with van der Waals surface area (Å²) in [5.74, 6) is -0.731. The van der Waals surface area contributed by atoms with Crippen molar-refractivity contribution in [2.24, 2.45) is 0 Å². The Morgan fingerprint density at radius 3 is 2.19 bits per heavy atom. The van der Waals surface area contributed by atoms with Crippen LogP contribution in [0.5, 0.6) is 5.75 Å². The van der Waals surface area contributed by atoms with Gasteiger partial charge in [0.2, 0.25) is 0 Å². The van der Waals surface area contributed by atoms with Crippen LogP contribution in [0.3, 0.4) is 0 Å². The molecular formula is C24H19N3O5. The zero-order chi connectivity index (χ0) is 22.8. The lowest BCUT2D eigenvalue weighted by molar-refractivity contribution is -0.384. The first-order valence-electron chi connectivity index (χ1n) is 9.75. The van der Waals surface area contributed by atoms with E-state index >= 15 is 0 Å². The Balaban J connectivity index is 1.83. The van der Waals surface area contributed by atoms with Gasteiger partial charge in [0.25, 0.3) is 17.5 Å². The zero-order valence-corrected chi connectivity index (χ0v) is 17.4. The topological polar surface area (TPSA) is 102 Å². The molecule has 1 N–H and O–H groups in total. The number of imide groups is 1. The number of rotatable bonds is 6. The molecule has 8 nitrogen and oxygen atoms in total. The molecule has 0 unspecified atom stereocenters. The fourth-order valence-corrected chi connectivity index (χ4v) is 3.48. The third-order valence-electron chi connectivity index (χ3n) is 5.10. The minimum atomic E-state index is -0.553. The van der Waals surface area contributed by atoms with Crippen LogP contribution >= 0.6 is 0 Å². The predicted molar refractivity (Wildman–Crippen MR) is 120 cm³/mol. The van der Waals surface area contributed by atoms with Gasteiger partial charge in [-0.05, 0) is 48.9 Å². The minimum absolute atomic E-state index is 0.0820. The fraction of sp³-hybridized carbons (Fsp3) is 0.0833. The molecule has 3 aromatic carbocycles. The highest BCUT2D eigenvalue weighted by molar-refractivity contribution is 6.46. The number of amides is 2. The van der Waals surface area contributed by atoms with Crippen LogP contribution in [-0.4, -0.2) is 23.8 Å². The van der Waals surface area contributed by atoms with Crippen molar-refractivity contribution in [2.75, 3.05) is 17.3 Å². The lowest BCUT2D eigenvalue weighted by Gasteiger charge is -2.18. The number of carbonyl (C=O) groups is 2. The molecular weight excluding hydrogens is 410 g/mol. The SMILES string of the molecule is COc1ccccc1N1C(=O)C(Nc2ccc(C)cc2)=C(c2ccc([N+](=O)[O-])cc2)C1=O. The van der Waals surface area contributed by atoms with Crippen molar-refractivity contribution in [1.82, 2.24) is 0 Å². The number of hydrogen-bond donors (Lipinski definition) is 1. The molecule has 0 aliphatic carbocycles. The van der Waals surface area contributed by atoms with Gasteiger partial charge in [-0.15, -0.1) is 0 Å². The molecule has 1 aliphatic rings. The van der Waals surface area contributed by atoms with Crippen LogP contribution in [0, 0.1) is 17.0 Å². The number of nitrogens with zero attached hydrogens (tertiary/aromatic N) is 2. The Kier molecular flexibility index (Phi) is 5.43. The smallest absolute Gasteiger partial charge is 0.282 e. The van der Waals surface area contributed by atoms with E-state index in [1.165, 1.54) is 31.4 Å². The van der Waals surface area contributed by atoms with Crippen LogP contribution in [-0.2, 0) is 9.59 Å². The molecule has 160 valence electrons. The molecule has 0 atom stereocenters. The predicted octanol–water partition coefficient (Wildman–Crippen LogP) is 4.31. The summed E-state index contributed by atoms with van der Waals surface area (Å²) in [6.07, 6.45) is 0. The average Bonchev–Trinajstić information content (AvgIpc) is 3.04. The molecule has 1 aliphatic heterocycles. The number of para-hydroxylation sites is 2. The second-order valence-electron chi connectivity index (χ2n) is 7.16. The Bertz CT molecular complexity index is 1250. The van der Waals surface area contributed by atoms with E-state index in [0.29, 0.717) is 22.7 Å². The van der Waals surface area contributed by atoms with Crippen LogP contribution in [0.25, 0.3) is 5.57 Å². The molecule has 0 radical (unpaired) electrons. The van der Waals surface area contributed by atoms with Gasteiger partial charge in [-0.2, -0.15) is 0 Å². The Morgan fingerprint density at radius 2 is 1.56 bits per heavy atom. The van der Waals surface area contributed by atoms with Gasteiger partial charge in [0.05, 0.1) is 23.3 Å². The summed E-state index contributed by atoms with van der Waals surface area (Å²) >= 11 is 0. The molecule has 0 spiro atoms. The number of hydrogen-bond acceptors (Lipinski definition) is 6. The highest BCUT2D eigenvalue weighted by Crippen LogP contribution is 2.38. The number of ether oxygens (including phenoxy) is 1. The number of nitrogens with one attached hydrogen (secondary N) is 1. The quantitative estimate of drug-likeness (QED) is 0.356. The maximum Gasteiger partial charge on any atom is 0.282 e. The average molecular weight is 429 g/mol. The van der Waals surface area contributed by atoms with Crippen molar-refractivity contribution in [3.63, 3.8) is 0 Å². The number of anilines is 2. The lowest BCUT2D eigenvalue weighted by Crippen LogP contribution is -2.32.